The number of rotatable bonds is 4. The van der Waals surface area contributed by atoms with Crippen molar-refractivity contribution >= 4 is 10.0 Å². The van der Waals surface area contributed by atoms with Crippen LogP contribution in [0.1, 0.15) is 11.5 Å². The fraction of sp³-hybridized carbons (Fsp3) is 0.278. The Kier molecular flexibility index (Phi) is 4.60. The third kappa shape index (κ3) is 2.93. The molecular weight excluding hydrogens is 343 g/mol. The Morgan fingerprint density at radius 2 is 1.76 bits per heavy atom. The molecule has 0 saturated carbocycles. The summed E-state index contributed by atoms with van der Waals surface area (Å²) in [6, 6.07) is 13.6. The molecule has 1 saturated heterocycles. The van der Waals surface area contributed by atoms with E-state index in [2.05, 4.69) is 0 Å². The normalized spacial score (nSPS) is 23.7. The lowest BCUT2D eigenvalue weighted by molar-refractivity contribution is 0.0566. The molecule has 7 heteroatoms. The first kappa shape index (κ1) is 17.5. The molecule has 5 nitrogen and oxygen atoms in total. The fourth-order valence-corrected chi connectivity index (χ4v) is 4.79. The third-order valence-electron chi connectivity index (χ3n) is 4.54. The number of aliphatic hydroxyl groups excluding tert-OH is 1. The van der Waals surface area contributed by atoms with E-state index < -0.39 is 40.4 Å². The third-order valence-corrected chi connectivity index (χ3v) is 5.81. The van der Waals surface area contributed by atoms with Crippen molar-refractivity contribution in [2.45, 2.75) is 18.0 Å². The Labute approximate surface area is 146 Å². The van der Waals surface area contributed by atoms with Gasteiger partial charge in [-0.3, -0.25) is 0 Å². The van der Waals surface area contributed by atoms with E-state index >= 15 is 0 Å². The standard InChI is InChI=1S/C18H17FN2O3S/c1-25(23,24)21-16(10-20)18(17(21)11-22)14-8-3-2-6-12(14)13-7-4-5-9-15(13)19/h2-9,16-18,22H,11H2,1H3/t16-,17-,18+/m0/s1. The lowest BCUT2D eigenvalue weighted by Crippen LogP contribution is -2.64. The van der Waals surface area contributed by atoms with Crippen LogP contribution in [0.15, 0.2) is 48.5 Å². The van der Waals surface area contributed by atoms with E-state index in [0.29, 0.717) is 16.7 Å². The highest BCUT2D eigenvalue weighted by molar-refractivity contribution is 7.88. The van der Waals surface area contributed by atoms with Gasteiger partial charge in [-0.2, -0.15) is 9.57 Å². The van der Waals surface area contributed by atoms with E-state index in [-0.39, 0.29) is 0 Å². The molecule has 0 aromatic heterocycles. The zero-order chi connectivity index (χ0) is 18.2. The van der Waals surface area contributed by atoms with Crippen LogP contribution in [0.5, 0.6) is 0 Å². The van der Waals surface area contributed by atoms with Crippen LogP contribution in [-0.4, -0.2) is 42.8 Å². The van der Waals surface area contributed by atoms with Gasteiger partial charge >= 0.3 is 0 Å². The minimum absolute atomic E-state index is 0.379. The molecule has 0 bridgehead atoms. The molecule has 0 amide bonds. The molecule has 0 unspecified atom stereocenters. The van der Waals surface area contributed by atoms with Gasteiger partial charge in [0.25, 0.3) is 0 Å². The van der Waals surface area contributed by atoms with Crippen LogP contribution < -0.4 is 0 Å². The Hall–Kier alpha value is -2.27. The first-order valence-electron chi connectivity index (χ1n) is 7.73. The molecule has 3 atom stereocenters. The summed E-state index contributed by atoms with van der Waals surface area (Å²) in [5.74, 6) is -0.927. The lowest BCUT2D eigenvalue weighted by atomic mass is 9.75. The number of hydrogen-bond donors (Lipinski definition) is 1. The maximum atomic E-state index is 14.2. The highest BCUT2D eigenvalue weighted by Gasteiger charge is 2.54. The fourth-order valence-electron chi connectivity index (χ4n) is 3.51. The minimum atomic E-state index is -3.64. The predicted octanol–water partition coefficient (Wildman–Crippen LogP) is 2.10. The van der Waals surface area contributed by atoms with Gasteiger partial charge in [0.2, 0.25) is 10.0 Å². The molecule has 2 aromatic rings. The highest BCUT2D eigenvalue weighted by atomic mass is 32.2. The molecule has 1 N–H and O–H groups in total. The summed E-state index contributed by atoms with van der Waals surface area (Å²) >= 11 is 0. The van der Waals surface area contributed by atoms with Gasteiger partial charge in [0.15, 0.2) is 0 Å². The van der Waals surface area contributed by atoms with Crippen molar-refractivity contribution in [1.29, 1.82) is 5.26 Å². The molecule has 1 aliphatic heterocycles. The molecule has 0 radical (unpaired) electrons. The first-order valence-corrected chi connectivity index (χ1v) is 9.57. The van der Waals surface area contributed by atoms with Crippen molar-refractivity contribution < 1.29 is 17.9 Å². The van der Waals surface area contributed by atoms with Gasteiger partial charge in [-0.25, -0.2) is 12.8 Å². The predicted molar refractivity (Wildman–Crippen MR) is 91.5 cm³/mol. The monoisotopic (exact) mass is 360 g/mol. The van der Waals surface area contributed by atoms with E-state index in [0.717, 1.165) is 10.6 Å². The molecule has 1 fully saturated rings. The van der Waals surface area contributed by atoms with Gasteiger partial charge in [-0.05, 0) is 17.2 Å². The van der Waals surface area contributed by atoms with Crippen LogP contribution in [0.25, 0.3) is 11.1 Å². The van der Waals surface area contributed by atoms with E-state index in [9.17, 15) is 23.2 Å². The van der Waals surface area contributed by atoms with Crippen LogP contribution in [0.2, 0.25) is 0 Å². The number of nitrogens with zero attached hydrogens (tertiary/aromatic N) is 2. The molecular formula is C18H17FN2O3S. The average molecular weight is 360 g/mol. The second-order valence-electron chi connectivity index (χ2n) is 6.01. The highest BCUT2D eigenvalue weighted by Crippen LogP contribution is 2.45. The topological polar surface area (TPSA) is 81.4 Å². The molecule has 2 aromatic carbocycles. The second-order valence-corrected chi connectivity index (χ2v) is 7.90. The van der Waals surface area contributed by atoms with E-state index in [4.69, 9.17) is 0 Å². The van der Waals surface area contributed by atoms with Crippen molar-refractivity contribution in [3.63, 3.8) is 0 Å². The van der Waals surface area contributed by atoms with Crippen LogP contribution in [-0.2, 0) is 10.0 Å². The van der Waals surface area contributed by atoms with Gasteiger partial charge in [0, 0.05) is 11.5 Å². The maximum Gasteiger partial charge on any atom is 0.212 e. The van der Waals surface area contributed by atoms with Crippen molar-refractivity contribution in [2.75, 3.05) is 12.9 Å². The van der Waals surface area contributed by atoms with Gasteiger partial charge in [0.05, 0.1) is 25.0 Å². The van der Waals surface area contributed by atoms with Crippen LogP contribution >= 0.6 is 0 Å². The SMILES string of the molecule is CS(=O)(=O)N1[C@@H](C#N)[C@@H](c2ccccc2-c2ccccc2F)[C@@H]1CO. The molecule has 1 heterocycles. The number of aliphatic hydroxyl groups is 1. The smallest absolute Gasteiger partial charge is 0.212 e. The lowest BCUT2D eigenvalue weighted by Gasteiger charge is -2.50. The van der Waals surface area contributed by atoms with Crippen LogP contribution in [0.4, 0.5) is 4.39 Å². The summed E-state index contributed by atoms with van der Waals surface area (Å²) in [6.07, 6.45) is 1.01. The molecule has 3 rings (SSSR count). The van der Waals surface area contributed by atoms with E-state index in [1.54, 1.807) is 42.5 Å². The molecule has 1 aliphatic rings. The summed E-state index contributed by atoms with van der Waals surface area (Å²) in [5.41, 5.74) is 1.62. The quantitative estimate of drug-likeness (QED) is 0.905. The van der Waals surface area contributed by atoms with Crippen molar-refractivity contribution in [1.82, 2.24) is 4.31 Å². The number of benzene rings is 2. The molecule has 25 heavy (non-hydrogen) atoms. The maximum absolute atomic E-state index is 14.2. The van der Waals surface area contributed by atoms with Gasteiger partial charge in [-0.1, -0.05) is 42.5 Å². The second kappa shape index (κ2) is 6.56. The number of sulfonamides is 1. The molecule has 130 valence electrons. The minimum Gasteiger partial charge on any atom is -0.395 e. The zero-order valence-corrected chi connectivity index (χ0v) is 14.3. The largest absolute Gasteiger partial charge is 0.395 e. The van der Waals surface area contributed by atoms with Crippen molar-refractivity contribution in [3.05, 3.63) is 59.9 Å². The van der Waals surface area contributed by atoms with Gasteiger partial charge < -0.3 is 5.11 Å². The summed E-state index contributed by atoms with van der Waals surface area (Å²) < 4.78 is 39.2. The average Bonchev–Trinajstić information content (AvgIpc) is 2.54. The summed E-state index contributed by atoms with van der Waals surface area (Å²) in [4.78, 5) is 0. The first-order chi connectivity index (χ1) is 11.9. The Morgan fingerprint density at radius 1 is 1.16 bits per heavy atom. The Bertz CT molecular complexity index is 939. The summed E-state index contributed by atoms with van der Waals surface area (Å²) in [6.45, 7) is -0.415. The zero-order valence-electron chi connectivity index (χ0n) is 13.5. The van der Waals surface area contributed by atoms with Crippen molar-refractivity contribution in [2.24, 2.45) is 0 Å². The van der Waals surface area contributed by atoms with E-state index in [1.165, 1.54) is 6.07 Å². The Balaban J connectivity index is 2.12. The summed E-state index contributed by atoms with van der Waals surface area (Å²) in [7, 11) is -3.64. The molecule has 0 spiro atoms. The van der Waals surface area contributed by atoms with Crippen molar-refractivity contribution in [3.8, 4) is 17.2 Å². The van der Waals surface area contributed by atoms with Crippen LogP contribution in [0, 0.1) is 17.1 Å². The summed E-state index contributed by atoms with van der Waals surface area (Å²) in [5, 5.41) is 19.2. The number of halogens is 1. The molecule has 0 aliphatic carbocycles. The van der Waals surface area contributed by atoms with Gasteiger partial charge in [-0.15, -0.1) is 0 Å². The van der Waals surface area contributed by atoms with E-state index in [1.807, 2.05) is 6.07 Å². The van der Waals surface area contributed by atoms with Crippen LogP contribution in [0.3, 0.4) is 0 Å². The van der Waals surface area contributed by atoms with Gasteiger partial charge in [0.1, 0.15) is 11.9 Å². The number of nitriles is 1. The number of hydrogen-bond acceptors (Lipinski definition) is 4. The Morgan fingerprint density at radius 3 is 2.32 bits per heavy atom.